The molecule has 0 spiro atoms. The zero-order valence-electron chi connectivity index (χ0n) is 21.8. The molecule has 198 valence electrons. The second-order valence-electron chi connectivity index (χ2n) is 10.3. The van der Waals surface area contributed by atoms with Crippen molar-refractivity contribution in [1.82, 2.24) is 20.6 Å². The van der Waals surface area contributed by atoms with Crippen molar-refractivity contribution in [3.05, 3.63) is 53.3 Å². The zero-order chi connectivity index (χ0) is 27.0. The number of urea groups is 1. The quantitative estimate of drug-likeness (QED) is 0.361. The fourth-order valence-corrected chi connectivity index (χ4v) is 6.33. The maximum atomic E-state index is 13.5. The minimum Gasteiger partial charge on any atom is -0.348 e. The molecule has 38 heavy (non-hydrogen) atoms. The van der Waals surface area contributed by atoms with E-state index in [-0.39, 0.29) is 29.9 Å². The number of hydrogen-bond donors (Lipinski definition) is 3. The van der Waals surface area contributed by atoms with Gasteiger partial charge in [0.1, 0.15) is 9.71 Å². The molecule has 10 heteroatoms. The van der Waals surface area contributed by atoms with Crippen LogP contribution >= 0.6 is 11.3 Å². The molecule has 1 fully saturated rings. The number of aromatic nitrogens is 2. The second kappa shape index (κ2) is 10.5. The van der Waals surface area contributed by atoms with Gasteiger partial charge < -0.3 is 16.0 Å². The molecule has 1 aliphatic carbocycles. The van der Waals surface area contributed by atoms with E-state index in [0.29, 0.717) is 32.7 Å². The highest BCUT2D eigenvalue weighted by atomic mass is 32.1. The monoisotopic (exact) mass is 532 g/mol. The van der Waals surface area contributed by atoms with Crippen molar-refractivity contribution in [2.45, 2.75) is 65.0 Å². The zero-order valence-corrected chi connectivity index (χ0v) is 22.7. The van der Waals surface area contributed by atoms with E-state index in [1.807, 2.05) is 13.0 Å². The van der Waals surface area contributed by atoms with Crippen LogP contribution in [0, 0.1) is 12.8 Å². The summed E-state index contributed by atoms with van der Waals surface area (Å²) < 4.78 is 0. The molecular formula is C28H32N6O3S. The average molecular weight is 533 g/mol. The van der Waals surface area contributed by atoms with Gasteiger partial charge in [0.2, 0.25) is 5.91 Å². The van der Waals surface area contributed by atoms with Crippen molar-refractivity contribution < 1.29 is 14.4 Å². The van der Waals surface area contributed by atoms with Gasteiger partial charge in [-0.1, -0.05) is 33.3 Å². The Morgan fingerprint density at radius 1 is 1.21 bits per heavy atom. The second-order valence-corrected chi connectivity index (χ2v) is 11.3. The lowest BCUT2D eigenvalue weighted by Crippen LogP contribution is -2.52. The summed E-state index contributed by atoms with van der Waals surface area (Å²) >= 11 is 1.25. The summed E-state index contributed by atoms with van der Waals surface area (Å²) in [4.78, 5) is 50.6. The van der Waals surface area contributed by atoms with Gasteiger partial charge in [0.05, 0.1) is 28.6 Å². The number of pyridine rings is 2. The number of carbonyl (C=O) groups is 3. The number of aryl methyl sites for hydroxylation is 1. The van der Waals surface area contributed by atoms with Crippen LogP contribution in [0.25, 0.3) is 10.2 Å². The first kappa shape index (κ1) is 25.8. The van der Waals surface area contributed by atoms with E-state index in [0.717, 1.165) is 48.7 Å². The van der Waals surface area contributed by atoms with Gasteiger partial charge in [0.25, 0.3) is 5.91 Å². The largest absolute Gasteiger partial charge is 0.348 e. The highest BCUT2D eigenvalue weighted by molar-refractivity contribution is 7.21. The lowest BCUT2D eigenvalue weighted by molar-refractivity contribution is -0.117. The maximum Gasteiger partial charge on any atom is 0.331 e. The summed E-state index contributed by atoms with van der Waals surface area (Å²) in [6.45, 7) is 9.79. The predicted molar refractivity (Wildman–Crippen MR) is 150 cm³/mol. The first-order valence-corrected chi connectivity index (χ1v) is 13.8. The van der Waals surface area contributed by atoms with Crippen molar-refractivity contribution >= 4 is 56.5 Å². The normalized spacial score (nSPS) is 18.8. The van der Waals surface area contributed by atoms with E-state index < -0.39 is 0 Å². The summed E-state index contributed by atoms with van der Waals surface area (Å²) in [5, 5.41) is 9.72. The molecule has 3 aromatic heterocycles. The molecule has 9 nitrogen and oxygen atoms in total. The third kappa shape index (κ3) is 4.88. The van der Waals surface area contributed by atoms with Crippen molar-refractivity contribution in [1.29, 1.82) is 0 Å². The van der Waals surface area contributed by atoms with E-state index in [2.05, 4.69) is 46.3 Å². The molecule has 2 aliphatic rings. The smallest absolute Gasteiger partial charge is 0.331 e. The van der Waals surface area contributed by atoms with Crippen molar-refractivity contribution in [2.24, 2.45) is 5.92 Å². The Hall–Kier alpha value is -3.79. The molecule has 2 atom stereocenters. The van der Waals surface area contributed by atoms with Crippen LogP contribution in [0.2, 0.25) is 0 Å². The lowest BCUT2D eigenvalue weighted by Gasteiger charge is -2.32. The number of rotatable bonds is 7. The van der Waals surface area contributed by atoms with Crippen LogP contribution in [0.5, 0.6) is 0 Å². The highest BCUT2D eigenvalue weighted by Gasteiger charge is 2.35. The Morgan fingerprint density at radius 3 is 2.63 bits per heavy atom. The Balaban J connectivity index is 1.47. The number of nitrogens with one attached hydrogen (secondary N) is 3. The molecule has 0 saturated heterocycles. The number of thiophene rings is 1. The van der Waals surface area contributed by atoms with Gasteiger partial charge in [0, 0.05) is 24.0 Å². The van der Waals surface area contributed by atoms with E-state index >= 15 is 0 Å². The molecule has 1 saturated carbocycles. The van der Waals surface area contributed by atoms with Crippen LogP contribution in [-0.2, 0) is 11.2 Å². The molecule has 0 bridgehead atoms. The Labute approximate surface area is 225 Å². The van der Waals surface area contributed by atoms with E-state index in [1.54, 1.807) is 23.4 Å². The van der Waals surface area contributed by atoms with Crippen molar-refractivity contribution in [2.75, 3.05) is 10.2 Å². The standard InChI is InChI=1S/C28H32N6O3S/c1-5-22(35)31-18-8-6-7-9-19(18)32-26(36)25-24-23-20(10-11-29-27(23)38-25)34(28(37)33-24)21-14-30-17(12-15(2)3)13-16(21)4/h5,10-11,13-15,18-19H,1,6-9,12H2,2-4H3,(H,31,35)(H,32,36)(H,33,37)/t18-,19-/m1/s1. The summed E-state index contributed by atoms with van der Waals surface area (Å²) in [6, 6.07) is 3.08. The molecule has 4 amide bonds. The maximum absolute atomic E-state index is 13.5. The Bertz CT molecular complexity index is 1430. The van der Waals surface area contributed by atoms with E-state index in [9.17, 15) is 14.4 Å². The van der Waals surface area contributed by atoms with Gasteiger partial charge in [-0.15, -0.1) is 11.3 Å². The number of hydrogen-bond acceptors (Lipinski definition) is 6. The van der Waals surface area contributed by atoms with E-state index in [4.69, 9.17) is 0 Å². The molecule has 5 rings (SSSR count). The van der Waals surface area contributed by atoms with Gasteiger partial charge in [-0.25, -0.2) is 9.78 Å². The fraction of sp³-hybridized carbons (Fsp3) is 0.393. The van der Waals surface area contributed by atoms with Crippen LogP contribution in [0.3, 0.4) is 0 Å². The molecule has 3 N–H and O–H groups in total. The lowest BCUT2D eigenvalue weighted by atomic mass is 9.90. The minimum atomic E-state index is -0.354. The van der Waals surface area contributed by atoms with Gasteiger partial charge in [-0.3, -0.25) is 19.5 Å². The third-order valence-corrected chi connectivity index (χ3v) is 8.14. The Kier molecular flexibility index (Phi) is 7.16. The fourth-order valence-electron chi connectivity index (χ4n) is 5.31. The SMILES string of the molecule is C=CC(=O)N[C@@H]1CCCC[C@H]1NC(=O)c1sc2nccc3c2c1NC(=O)N3c1cnc(CC(C)C)cc1C. The summed E-state index contributed by atoms with van der Waals surface area (Å²) in [7, 11) is 0. The van der Waals surface area contributed by atoms with Crippen LogP contribution < -0.4 is 20.9 Å². The number of anilines is 3. The summed E-state index contributed by atoms with van der Waals surface area (Å²) in [6.07, 6.45) is 8.99. The van der Waals surface area contributed by atoms with Crippen LogP contribution in [0.1, 0.15) is 60.5 Å². The minimum absolute atomic E-state index is 0.170. The van der Waals surface area contributed by atoms with E-state index in [1.165, 1.54) is 17.4 Å². The Morgan fingerprint density at radius 2 is 1.95 bits per heavy atom. The number of amides is 4. The van der Waals surface area contributed by atoms with Crippen LogP contribution in [-0.4, -0.2) is 39.9 Å². The molecule has 1 aliphatic heterocycles. The number of carbonyl (C=O) groups excluding carboxylic acids is 3. The third-order valence-electron chi connectivity index (χ3n) is 7.05. The highest BCUT2D eigenvalue weighted by Crippen LogP contribution is 2.46. The average Bonchev–Trinajstić information content (AvgIpc) is 3.25. The first-order chi connectivity index (χ1) is 18.3. The van der Waals surface area contributed by atoms with Gasteiger partial charge in [-0.05, 0) is 55.9 Å². The van der Waals surface area contributed by atoms with Crippen molar-refractivity contribution in [3.63, 3.8) is 0 Å². The number of nitrogens with zero attached hydrogens (tertiary/aromatic N) is 3. The van der Waals surface area contributed by atoms with Gasteiger partial charge in [-0.2, -0.15) is 0 Å². The van der Waals surface area contributed by atoms with Gasteiger partial charge >= 0.3 is 6.03 Å². The summed E-state index contributed by atoms with van der Waals surface area (Å²) in [5.41, 5.74) is 3.75. The van der Waals surface area contributed by atoms with Crippen LogP contribution in [0.4, 0.5) is 21.9 Å². The predicted octanol–water partition coefficient (Wildman–Crippen LogP) is 5.23. The molecule has 0 unspecified atom stereocenters. The van der Waals surface area contributed by atoms with Crippen molar-refractivity contribution in [3.8, 4) is 0 Å². The molecular weight excluding hydrogens is 500 g/mol. The van der Waals surface area contributed by atoms with Gasteiger partial charge in [0.15, 0.2) is 0 Å². The molecule has 0 radical (unpaired) electrons. The summed E-state index contributed by atoms with van der Waals surface area (Å²) in [5.74, 6) is -0.0643. The molecule has 3 aromatic rings. The molecule has 0 aromatic carbocycles. The molecule has 4 heterocycles. The topological polar surface area (TPSA) is 116 Å². The first-order valence-electron chi connectivity index (χ1n) is 13.0. The van der Waals surface area contributed by atoms with Crippen LogP contribution in [0.15, 0.2) is 37.2 Å².